The second-order valence-corrected chi connectivity index (χ2v) is 5.43. The molecule has 0 bridgehead atoms. The topological polar surface area (TPSA) is 52.6 Å². The molecule has 4 nitrogen and oxygen atoms in total. The molecule has 2 fully saturated rings. The van der Waals surface area contributed by atoms with Gasteiger partial charge < -0.3 is 15.3 Å². The third-order valence-electron chi connectivity index (χ3n) is 4.27. The van der Waals surface area contributed by atoms with E-state index in [2.05, 4.69) is 12.2 Å². The van der Waals surface area contributed by atoms with Gasteiger partial charge in [0.1, 0.15) is 0 Å². The normalized spacial score (nSPS) is 33.3. The van der Waals surface area contributed by atoms with Gasteiger partial charge in [0.05, 0.1) is 18.1 Å². The highest BCUT2D eigenvalue weighted by Gasteiger charge is 2.45. The number of amides is 1. The molecule has 0 aliphatic carbocycles. The van der Waals surface area contributed by atoms with Gasteiger partial charge in [-0.2, -0.15) is 0 Å². The molecule has 0 aromatic rings. The highest BCUT2D eigenvalue weighted by atomic mass is 16.3. The Bertz CT molecular complexity index is 275. The Balaban J connectivity index is 2.10. The van der Waals surface area contributed by atoms with E-state index >= 15 is 0 Å². The van der Waals surface area contributed by atoms with Crippen LogP contribution in [0.1, 0.15) is 39.0 Å². The number of carbonyl (C=O) groups is 1. The number of aliphatic hydroxyl groups is 1. The molecule has 17 heavy (non-hydrogen) atoms. The molecule has 2 saturated heterocycles. The van der Waals surface area contributed by atoms with E-state index < -0.39 is 0 Å². The molecule has 2 aliphatic heterocycles. The number of likely N-dealkylation sites (tertiary alicyclic amines) is 1. The number of nitrogens with zero attached hydrogens (tertiary/aromatic N) is 1. The lowest BCUT2D eigenvalue weighted by molar-refractivity contribution is -0.143. The minimum absolute atomic E-state index is 0.0665. The average Bonchev–Trinajstić information content (AvgIpc) is 2.97. The van der Waals surface area contributed by atoms with Crippen LogP contribution in [0.25, 0.3) is 0 Å². The second-order valence-electron chi connectivity index (χ2n) is 5.43. The lowest BCUT2D eigenvalue weighted by atomic mass is 9.81. The van der Waals surface area contributed by atoms with Gasteiger partial charge in [-0.3, -0.25) is 4.79 Å². The molecule has 4 heteroatoms. The summed E-state index contributed by atoms with van der Waals surface area (Å²) in [5.41, 5.74) is -0.188. The molecule has 1 amide bonds. The first-order valence-corrected chi connectivity index (χ1v) is 6.86. The molecule has 2 N–H and O–H groups in total. The fourth-order valence-corrected chi connectivity index (χ4v) is 3.32. The van der Waals surface area contributed by atoms with Crippen molar-refractivity contribution in [3.63, 3.8) is 0 Å². The Morgan fingerprint density at radius 2 is 2.41 bits per heavy atom. The average molecular weight is 240 g/mol. The van der Waals surface area contributed by atoms with Gasteiger partial charge in [0.15, 0.2) is 0 Å². The van der Waals surface area contributed by atoms with Crippen molar-refractivity contribution in [1.82, 2.24) is 10.2 Å². The van der Waals surface area contributed by atoms with Gasteiger partial charge in [-0.05, 0) is 32.2 Å². The number of rotatable bonds is 4. The van der Waals surface area contributed by atoms with Gasteiger partial charge in [0.25, 0.3) is 0 Å². The van der Waals surface area contributed by atoms with Crippen LogP contribution < -0.4 is 5.32 Å². The highest BCUT2D eigenvalue weighted by molar-refractivity contribution is 5.84. The monoisotopic (exact) mass is 240 g/mol. The lowest BCUT2D eigenvalue weighted by Gasteiger charge is -2.34. The summed E-state index contributed by atoms with van der Waals surface area (Å²) in [6, 6.07) is 0.0665. The zero-order valence-electron chi connectivity index (χ0n) is 10.7. The molecule has 0 radical (unpaired) electrons. The van der Waals surface area contributed by atoms with Crippen LogP contribution in [0.2, 0.25) is 0 Å². The van der Waals surface area contributed by atoms with Crippen LogP contribution >= 0.6 is 0 Å². The molecule has 1 unspecified atom stereocenters. The SMILES string of the molecule is CCCC1(C(=O)N2CCC[C@@H]2CO)CCNC1. The van der Waals surface area contributed by atoms with Gasteiger partial charge in [-0.15, -0.1) is 0 Å². The first-order valence-electron chi connectivity index (χ1n) is 6.86. The van der Waals surface area contributed by atoms with E-state index in [1.807, 2.05) is 4.90 Å². The molecule has 0 saturated carbocycles. The summed E-state index contributed by atoms with van der Waals surface area (Å²) in [4.78, 5) is 14.6. The summed E-state index contributed by atoms with van der Waals surface area (Å²) in [6.45, 7) is 4.84. The summed E-state index contributed by atoms with van der Waals surface area (Å²) < 4.78 is 0. The fourth-order valence-electron chi connectivity index (χ4n) is 3.32. The Hall–Kier alpha value is -0.610. The summed E-state index contributed by atoms with van der Waals surface area (Å²) in [5, 5.41) is 12.7. The first kappa shape index (κ1) is 12.8. The maximum atomic E-state index is 12.7. The van der Waals surface area contributed by atoms with Gasteiger partial charge >= 0.3 is 0 Å². The Morgan fingerprint density at radius 1 is 1.59 bits per heavy atom. The molecule has 2 rings (SSSR count). The van der Waals surface area contributed by atoms with Crippen LogP contribution in [0.4, 0.5) is 0 Å². The van der Waals surface area contributed by atoms with Gasteiger partial charge in [0.2, 0.25) is 5.91 Å². The van der Waals surface area contributed by atoms with E-state index in [0.717, 1.165) is 51.7 Å². The van der Waals surface area contributed by atoms with Crippen molar-refractivity contribution in [2.24, 2.45) is 5.41 Å². The van der Waals surface area contributed by atoms with Crippen molar-refractivity contribution in [3.8, 4) is 0 Å². The Morgan fingerprint density at radius 3 is 3.00 bits per heavy atom. The van der Waals surface area contributed by atoms with Crippen molar-refractivity contribution in [2.75, 3.05) is 26.2 Å². The summed E-state index contributed by atoms with van der Waals surface area (Å²) in [5.74, 6) is 0.279. The standard InChI is InChI=1S/C13H24N2O2/c1-2-5-13(6-7-14-10-13)12(17)15-8-3-4-11(15)9-16/h11,14,16H,2-10H2,1H3/t11-,13?/m1/s1. The summed E-state index contributed by atoms with van der Waals surface area (Å²) in [7, 11) is 0. The van der Waals surface area contributed by atoms with Gasteiger partial charge in [-0.1, -0.05) is 13.3 Å². The van der Waals surface area contributed by atoms with Gasteiger partial charge in [0, 0.05) is 13.1 Å². The lowest BCUT2D eigenvalue weighted by Crippen LogP contribution is -2.48. The van der Waals surface area contributed by atoms with Crippen molar-refractivity contribution >= 4 is 5.91 Å². The van der Waals surface area contributed by atoms with E-state index in [9.17, 15) is 9.90 Å². The quantitative estimate of drug-likeness (QED) is 0.762. The predicted octanol–water partition coefficient (Wildman–Crippen LogP) is 0.749. The van der Waals surface area contributed by atoms with E-state index in [4.69, 9.17) is 0 Å². The molecule has 98 valence electrons. The number of hydrogen-bond donors (Lipinski definition) is 2. The van der Waals surface area contributed by atoms with Crippen molar-refractivity contribution in [2.45, 2.75) is 45.1 Å². The minimum atomic E-state index is -0.188. The zero-order valence-corrected chi connectivity index (χ0v) is 10.7. The summed E-state index contributed by atoms with van der Waals surface area (Å²) >= 11 is 0. The van der Waals surface area contributed by atoms with Gasteiger partial charge in [-0.25, -0.2) is 0 Å². The fraction of sp³-hybridized carbons (Fsp3) is 0.923. The Kier molecular flexibility index (Phi) is 4.05. The third-order valence-corrected chi connectivity index (χ3v) is 4.27. The number of hydrogen-bond acceptors (Lipinski definition) is 3. The second kappa shape index (κ2) is 5.36. The number of aliphatic hydroxyl groups excluding tert-OH is 1. The molecule has 2 atom stereocenters. The molecule has 0 spiro atoms. The highest BCUT2D eigenvalue weighted by Crippen LogP contribution is 2.35. The zero-order chi connectivity index (χ0) is 12.3. The first-order chi connectivity index (χ1) is 8.23. The van der Waals surface area contributed by atoms with Crippen LogP contribution in [0.3, 0.4) is 0 Å². The summed E-state index contributed by atoms with van der Waals surface area (Å²) in [6.07, 6.45) is 4.96. The number of carbonyl (C=O) groups excluding carboxylic acids is 1. The van der Waals surface area contributed by atoms with Crippen LogP contribution in [0.15, 0.2) is 0 Å². The molecular weight excluding hydrogens is 216 g/mol. The van der Waals surface area contributed by atoms with E-state index in [0.29, 0.717) is 0 Å². The Labute approximate surface area is 103 Å². The molecule has 2 heterocycles. The van der Waals surface area contributed by atoms with E-state index in [1.165, 1.54) is 0 Å². The molecule has 0 aromatic heterocycles. The third kappa shape index (κ3) is 2.33. The maximum absolute atomic E-state index is 12.7. The maximum Gasteiger partial charge on any atom is 0.230 e. The van der Waals surface area contributed by atoms with Crippen molar-refractivity contribution in [3.05, 3.63) is 0 Å². The smallest absolute Gasteiger partial charge is 0.230 e. The van der Waals surface area contributed by atoms with Crippen molar-refractivity contribution < 1.29 is 9.90 Å². The molecule has 0 aromatic carbocycles. The molecular formula is C13H24N2O2. The van der Waals surface area contributed by atoms with Crippen LogP contribution in [0.5, 0.6) is 0 Å². The van der Waals surface area contributed by atoms with Crippen molar-refractivity contribution in [1.29, 1.82) is 0 Å². The minimum Gasteiger partial charge on any atom is -0.394 e. The van der Waals surface area contributed by atoms with Crippen LogP contribution in [-0.4, -0.2) is 48.2 Å². The molecule has 2 aliphatic rings. The number of nitrogens with one attached hydrogen (secondary N) is 1. The van der Waals surface area contributed by atoms with E-state index in [1.54, 1.807) is 0 Å². The van der Waals surface area contributed by atoms with E-state index in [-0.39, 0.29) is 24.0 Å². The predicted molar refractivity (Wildman–Crippen MR) is 66.6 cm³/mol. The largest absolute Gasteiger partial charge is 0.394 e. The van der Waals surface area contributed by atoms with Crippen LogP contribution in [-0.2, 0) is 4.79 Å². The van der Waals surface area contributed by atoms with Crippen LogP contribution in [0, 0.1) is 5.41 Å².